The maximum absolute atomic E-state index is 12.6. The molecule has 0 radical (unpaired) electrons. The predicted molar refractivity (Wildman–Crippen MR) is 145 cm³/mol. The lowest BCUT2D eigenvalue weighted by molar-refractivity contribution is -0.193. The van der Waals surface area contributed by atoms with Crippen molar-refractivity contribution in [3.63, 3.8) is 0 Å². The van der Waals surface area contributed by atoms with E-state index >= 15 is 0 Å². The number of carboxylic acids is 2. The number of nitrogens with two attached hydrogens (primary N) is 1. The summed E-state index contributed by atoms with van der Waals surface area (Å²) in [6.07, 6.45) is -6.15. The summed E-state index contributed by atoms with van der Waals surface area (Å²) in [5.41, 5.74) is 7.37. The zero-order chi connectivity index (χ0) is 33.7. The summed E-state index contributed by atoms with van der Waals surface area (Å²) in [4.78, 5) is 39.4. The third-order valence-electron chi connectivity index (χ3n) is 5.70. The highest BCUT2D eigenvalue weighted by Crippen LogP contribution is 2.27. The first-order chi connectivity index (χ1) is 20.4. The maximum Gasteiger partial charge on any atom is 0.490 e. The summed E-state index contributed by atoms with van der Waals surface area (Å²) in [5, 5.41) is 32.1. The van der Waals surface area contributed by atoms with Crippen molar-refractivity contribution in [2.45, 2.75) is 64.0 Å². The molecule has 0 aliphatic heterocycles. The molecule has 1 aromatic carbocycles. The molecule has 246 valence electrons. The summed E-state index contributed by atoms with van der Waals surface area (Å²) in [7, 11) is 0. The van der Waals surface area contributed by atoms with Gasteiger partial charge in [0.15, 0.2) is 5.96 Å². The number of nitrogens with zero attached hydrogens (tertiary/aromatic N) is 2. The highest BCUT2D eigenvalue weighted by molar-refractivity contribution is 5.96. The molecular formula is C25H33F6N7O6. The van der Waals surface area contributed by atoms with Gasteiger partial charge in [0.2, 0.25) is 5.82 Å². The van der Waals surface area contributed by atoms with Crippen molar-refractivity contribution < 1.29 is 55.7 Å². The molecule has 0 bridgehead atoms. The summed E-state index contributed by atoms with van der Waals surface area (Å²) < 4.78 is 68.7. The molecule has 0 saturated heterocycles. The molecule has 44 heavy (non-hydrogen) atoms. The number of carbonyl (C=O) groups excluding carboxylic acids is 1. The molecule has 2 unspecified atom stereocenters. The molecule has 2 aromatic rings. The number of amides is 1. The van der Waals surface area contributed by atoms with Crippen LogP contribution in [0.2, 0.25) is 0 Å². The van der Waals surface area contributed by atoms with Crippen LogP contribution in [0, 0.1) is 12.3 Å². The van der Waals surface area contributed by atoms with Gasteiger partial charge >= 0.3 is 24.3 Å². The number of fused-ring (bicyclic) bond motifs is 1. The number of aliphatic carboxylic acids is 2. The summed E-state index contributed by atoms with van der Waals surface area (Å²) >= 11 is 0. The zero-order valence-electron chi connectivity index (χ0n) is 23.6. The van der Waals surface area contributed by atoms with Gasteiger partial charge in [-0.05, 0) is 38.8 Å². The van der Waals surface area contributed by atoms with Crippen LogP contribution in [0.25, 0.3) is 10.9 Å². The number of guanidine groups is 1. The molecule has 1 fully saturated rings. The second-order valence-electron chi connectivity index (χ2n) is 9.17. The monoisotopic (exact) mass is 641 g/mol. The largest absolute Gasteiger partial charge is 0.490 e. The number of alkyl halides is 6. The Morgan fingerprint density at radius 1 is 1.02 bits per heavy atom. The molecule has 1 aromatic heterocycles. The van der Waals surface area contributed by atoms with Crippen molar-refractivity contribution in [1.82, 2.24) is 20.6 Å². The quantitative estimate of drug-likeness (QED) is 0.0962. The Morgan fingerprint density at radius 3 is 2.07 bits per heavy atom. The number of anilines is 1. The van der Waals surface area contributed by atoms with Crippen molar-refractivity contribution >= 4 is 40.5 Å². The molecule has 1 heterocycles. The van der Waals surface area contributed by atoms with E-state index in [0.717, 1.165) is 36.6 Å². The van der Waals surface area contributed by atoms with Crippen LogP contribution < -0.4 is 21.7 Å². The fourth-order valence-corrected chi connectivity index (χ4v) is 3.77. The molecule has 0 spiro atoms. The zero-order valence-corrected chi connectivity index (χ0v) is 23.6. The molecule has 1 aliphatic rings. The van der Waals surface area contributed by atoms with E-state index in [9.17, 15) is 31.1 Å². The van der Waals surface area contributed by atoms with E-state index in [1.807, 2.05) is 32.0 Å². The Balaban J connectivity index is 0.000000574. The average molecular weight is 642 g/mol. The van der Waals surface area contributed by atoms with Crippen LogP contribution in [-0.4, -0.2) is 88.2 Å². The third kappa shape index (κ3) is 13.3. The van der Waals surface area contributed by atoms with Crippen LogP contribution in [0.1, 0.15) is 48.8 Å². The second kappa shape index (κ2) is 17.0. The number of halogens is 6. The number of aryl methyl sites for hydroxylation is 1. The third-order valence-corrected chi connectivity index (χ3v) is 5.70. The molecule has 2 atom stereocenters. The van der Waals surface area contributed by atoms with Crippen LogP contribution in [-0.2, 0) is 14.3 Å². The molecule has 1 amide bonds. The Labute approximate surface area is 247 Å². The molecule has 8 N–H and O–H groups in total. The van der Waals surface area contributed by atoms with Crippen molar-refractivity contribution in [3.8, 4) is 0 Å². The van der Waals surface area contributed by atoms with Crippen LogP contribution in [0.4, 0.5) is 32.2 Å². The Hall–Kier alpha value is -4.42. The minimum Gasteiger partial charge on any atom is -0.475 e. The van der Waals surface area contributed by atoms with E-state index in [1.165, 1.54) is 0 Å². The van der Waals surface area contributed by atoms with E-state index < -0.39 is 24.3 Å². The normalized spacial score (nSPS) is 16.4. The van der Waals surface area contributed by atoms with Gasteiger partial charge in [0.05, 0.1) is 12.1 Å². The number of carbonyl (C=O) groups is 3. The molecular weight excluding hydrogens is 608 g/mol. The van der Waals surface area contributed by atoms with Crippen molar-refractivity contribution in [2.24, 2.45) is 5.73 Å². The first kappa shape index (κ1) is 37.6. The highest BCUT2D eigenvalue weighted by atomic mass is 19.4. The Kier molecular flexibility index (Phi) is 14.5. The van der Waals surface area contributed by atoms with Gasteiger partial charge in [-0.15, -0.1) is 0 Å². The van der Waals surface area contributed by atoms with E-state index in [-0.39, 0.29) is 29.8 Å². The number of carboxylic acid groups (broad SMARTS) is 2. The van der Waals surface area contributed by atoms with Crippen LogP contribution in [0.15, 0.2) is 18.2 Å². The first-order valence-electron chi connectivity index (χ1n) is 13.0. The SMILES string of the molecule is CCOCCNC(=O)c1nc(NC2CCCCC2NC(=N)N)c2cc(C)ccc2n1.O=C(O)C(F)(F)F.O=C(O)C(F)(F)F. The number of hydrogen-bond donors (Lipinski definition) is 7. The van der Waals surface area contributed by atoms with Gasteiger partial charge in [-0.1, -0.05) is 24.5 Å². The highest BCUT2D eigenvalue weighted by Gasteiger charge is 2.39. The second-order valence-corrected chi connectivity index (χ2v) is 9.17. The smallest absolute Gasteiger partial charge is 0.475 e. The Bertz CT molecular complexity index is 1270. The topological polar surface area (TPSA) is 213 Å². The summed E-state index contributed by atoms with van der Waals surface area (Å²) in [5.74, 6) is -5.13. The standard InChI is InChI=1S/C21H31N7O2.2C2HF3O2/c1-3-30-11-10-24-20(29)19-25-15-9-8-13(2)12-14(15)18(28-19)26-16-6-4-5-7-17(16)27-21(22)23;2*3-2(4,5)1(6)7/h8-9,12,16-17H,3-7,10-11H2,1-2H3,(H,24,29)(H4,22,23,27)(H,25,26,28);2*(H,6,7). The number of nitrogens with one attached hydrogen (secondary N) is 4. The van der Waals surface area contributed by atoms with Crippen LogP contribution in [0.5, 0.6) is 0 Å². The maximum atomic E-state index is 12.6. The number of benzene rings is 1. The van der Waals surface area contributed by atoms with Crippen molar-refractivity contribution in [2.75, 3.05) is 25.1 Å². The van der Waals surface area contributed by atoms with Gasteiger partial charge in [0.1, 0.15) is 5.82 Å². The molecule has 13 nitrogen and oxygen atoms in total. The minimum atomic E-state index is -5.08. The Morgan fingerprint density at radius 2 is 1.57 bits per heavy atom. The number of hydrogen-bond acceptors (Lipinski definition) is 8. The van der Waals surface area contributed by atoms with E-state index in [4.69, 9.17) is 35.7 Å². The molecule has 1 aliphatic carbocycles. The van der Waals surface area contributed by atoms with Crippen LogP contribution in [0.3, 0.4) is 0 Å². The van der Waals surface area contributed by atoms with Gasteiger partial charge in [-0.3, -0.25) is 10.2 Å². The van der Waals surface area contributed by atoms with Gasteiger partial charge in [0.25, 0.3) is 5.91 Å². The van der Waals surface area contributed by atoms with Crippen molar-refractivity contribution in [3.05, 3.63) is 29.6 Å². The predicted octanol–water partition coefficient (Wildman–Crippen LogP) is 3.18. The number of aromatic nitrogens is 2. The first-order valence-corrected chi connectivity index (χ1v) is 13.0. The fourth-order valence-electron chi connectivity index (χ4n) is 3.77. The molecule has 1 saturated carbocycles. The molecule has 19 heteroatoms. The summed E-state index contributed by atoms with van der Waals surface area (Å²) in [6, 6.07) is 5.98. The lowest BCUT2D eigenvalue weighted by atomic mass is 9.90. The lowest BCUT2D eigenvalue weighted by Crippen LogP contribution is -2.50. The average Bonchev–Trinajstić information content (AvgIpc) is 2.91. The van der Waals surface area contributed by atoms with Gasteiger partial charge in [-0.25, -0.2) is 19.6 Å². The van der Waals surface area contributed by atoms with E-state index in [2.05, 4.69) is 25.9 Å². The number of rotatable bonds is 8. The van der Waals surface area contributed by atoms with Gasteiger partial charge < -0.3 is 36.6 Å². The van der Waals surface area contributed by atoms with Gasteiger partial charge in [-0.2, -0.15) is 26.3 Å². The fraction of sp³-hybridized carbons (Fsp3) is 0.520. The molecule has 3 rings (SSSR count). The number of ether oxygens (including phenoxy) is 1. The van der Waals surface area contributed by atoms with E-state index in [1.54, 1.807) is 0 Å². The van der Waals surface area contributed by atoms with Gasteiger partial charge in [0, 0.05) is 30.6 Å². The summed E-state index contributed by atoms with van der Waals surface area (Å²) in [6.45, 7) is 5.37. The van der Waals surface area contributed by atoms with E-state index in [0.29, 0.717) is 31.1 Å². The van der Waals surface area contributed by atoms with Crippen molar-refractivity contribution in [1.29, 1.82) is 5.41 Å². The van der Waals surface area contributed by atoms with Crippen LogP contribution >= 0.6 is 0 Å². The lowest BCUT2D eigenvalue weighted by Gasteiger charge is -2.33. The minimum absolute atomic E-state index is 0.0357.